The van der Waals surface area contributed by atoms with Crippen molar-refractivity contribution in [2.45, 2.75) is 24.7 Å². The van der Waals surface area contributed by atoms with Gasteiger partial charge in [-0.15, -0.1) is 0 Å². The van der Waals surface area contributed by atoms with Crippen molar-refractivity contribution in [3.05, 3.63) is 0 Å². The van der Waals surface area contributed by atoms with Crippen LogP contribution in [0.15, 0.2) is 0 Å². The van der Waals surface area contributed by atoms with E-state index in [4.69, 9.17) is 10.4 Å². The fourth-order valence-electron chi connectivity index (χ4n) is 1.23. The third-order valence-corrected chi connectivity index (χ3v) is 4.17. The van der Waals surface area contributed by atoms with Crippen LogP contribution in [0.25, 0.3) is 0 Å². The van der Waals surface area contributed by atoms with Gasteiger partial charge < -0.3 is 5.11 Å². The monoisotopic (exact) mass is 204 g/mol. The van der Waals surface area contributed by atoms with Gasteiger partial charge in [-0.25, -0.2) is 8.42 Å². The molecule has 0 aromatic carbocycles. The molecule has 1 saturated heterocycles. The quantitative estimate of drug-likeness (QED) is 0.644. The van der Waals surface area contributed by atoms with Crippen molar-refractivity contribution in [3.8, 4) is 6.07 Å². The maximum Gasteiger partial charge on any atom is 0.230 e. The first-order chi connectivity index (χ1) is 5.98. The highest BCUT2D eigenvalue weighted by Crippen LogP contribution is 2.16. The van der Waals surface area contributed by atoms with Crippen LogP contribution in [-0.4, -0.2) is 42.3 Å². The fourth-order valence-corrected chi connectivity index (χ4v) is 2.55. The predicted molar refractivity (Wildman–Crippen MR) is 46.2 cm³/mol. The van der Waals surface area contributed by atoms with E-state index in [2.05, 4.69) is 0 Å². The van der Waals surface area contributed by atoms with Crippen molar-refractivity contribution >= 4 is 10.0 Å². The van der Waals surface area contributed by atoms with E-state index < -0.39 is 21.4 Å². The number of aliphatic hydroxyl groups is 1. The van der Waals surface area contributed by atoms with E-state index in [0.29, 0.717) is 13.0 Å². The average Bonchev–Trinajstić information content (AvgIpc) is 2.50. The van der Waals surface area contributed by atoms with Gasteiger partial charge in [0.1, 0.15) is 0 Å². The Bertz CT molecular complexity index is 319. The molecule has 2 atom stereocenters. The zero-order chi connectivity index (χ0) is 10.1. The van der Waals surface area contributed by atoms with Crippen LogP contribution in [0.4, 0.5) is 0 Å². The Morgan fingerprint density at radius 3 is 2.69 bits per heavy atom. The molecular formula is C7H12N2O3S. The van der Waals surface area contributed by atoms with E-state index >= 15 is 0 Å². The minimum atomic E-state index is -3.51. The first kappa shape index (κ1) is 10.4. The lowest BCUT2D eigenvalue weighted by atomic mass is 10.3. The summed E-state index contributed by atoms with van der Waals surface area (Å²) in [7, 11) is -3.51. The molecule has 0 amide bonds. The van der Waals surface area contributed by atoms with Gasteiger partial charge in [-0.2, -0.15) is 9.57 Å². The Balaban J connectivity index is 2.78. The first-order valence-electron chi connectivity index (χ1n) is 4.05. The predicted octanol–water partition coefficient (Wildman–Crippen LogP) is -0.705. The van der Waals surface area contributed by atoms with E-state index in [9.17, 15) is 8.42 Å². The third kappa shape index (κ3) is 1.99. The molecule has 0 bridgehead atoms. The summed E-state index contributed by atoms with van der Waals surface area (Å²) in [6, 6.07) is 1.69. The Morgan fingerprint density at radius 2 is 2.31 bits per heavy atom. The topological polar surface area (TPSA) is 81.4 Å². The number of β-amino-alcohol motifs (C(OH)–C–C–N with tert-alkyl or cyclic N) is 1. The van der Waals surface area contributed by atoms with Crippen LogP contribution < -0.4 is 0 Å². The minimum absolute atomic E-state index is 0.119. The molecule has 5 nitrogen and oxygen atoms in total. The lowest BCUT2D eigenvalue weighted by molar-refractivity contribution is 0.189. The number of aliphatic hydroxyl groups excluding tert-OH is 1. The molecule has 1 fully saturated rings. The summed E-state index contributed by atoms with van der Waals surface area (Å²) in [4.78, 5) is 0. The van der Waals surface area contributed by atoms with E-state index in [1.54, 1.807) is 6.07 Å². The second-order valence-corrected chi connectivity index (χ2v) is 5.37. The Labute approximate surface area is 77.6 Å². The minimum Gasteiger partial charge on any atom is -0.392 e. The number of nitriles is 1. The molecule has 1 N–H and O–H groups in total. The summed E-state index contributed by atoms with van der Waals surface area (Å²) in [5, 5.41) is 16.6. The zero-order valence-corrected chi connectivity index (χ0v) is 8.16. The van der Waals surface area contributed by atoms with Crippen molar-refractivity contribution < 1.29 is 13.5 Å². The Morgan fingerprint density at radius 1 is 1.69 bits per heavy atom. The van der Waals surface area contributed by atoms with Gasteiger partial charge >= 0.3 is 0 Å². The van der Waals surface area contributed by atoms with Crippen LogP contribution in [0.3, 0.4) is 0 Å². The van der Waals surface area contributed by atoms with E-state index in [1.807, 2.05) is 0 Å². The second kappa shape index (κ2) is 3.62. The van der Waals surface area contributed by atoms with Crippen molar-refractivity contribution in [3.63, 3.8) is 0 Å². The van der Waals surface area contributed by atoms with Gasteiger partial charge in [-0.3, -0.25) is 0 Å². The normalized spacial score (nSPS) is 27.0. The summed E-state index contributed by atoms with van der Waals surface area (Å²) < 4.78 is 24.2. The molecule has 74 valence electrons. The SMILES string of the molecule is CC(C#N)S(=O)(=O)N1CC[C@H](O)C1. The summed E-state index contributed by atoms with van der Waals surface area (Å²) in [6.07, 6.45) is -0.127. The molecule has 0 aromatic heterocycles. The van der Waals surface area contributed by atoms with Crippen molar-refractivity contribution in [2.24, 2.45) is 0 Å². The molecular weight excluding hydrogens is 192 g/mol. The smallest absolute Gasteiger partial charge is 0.230 e. The lowest BCUT2D eigenvalue weighted by Gasteiger charge is -2.16. The van der Waals surface area contributed by atoms with Gasteiger partial charge in [0.25, 0.3) is 0 Å². The molecule has 0 saturated carbocycles. The number of hydrogen-bond acceptors (Lipinski definition) is 4. The zero-order valence-electron chi connectivity index (χ0n) is 7.34. The Hall–Kier alpha value is -0.640. The van der Waals surface area contributed by atoms with Crippen molar-refractivity contribution in [1.82, 2.24) is 4.31 Å². The average molecular weight is 204 g/mol. The largest absolute Gasteiger partial charge is 0.392 e. The molecule has 13 heavy (non-hydrogen) atoms. The number of sulfonamides is 1. The summed E-state index contributed by atoms with van der Waals surface area (Å²) >= 11 is 0. The molecule has 0 aliphatic carbocycles. The van der Waals surface area contributed by atoms with Gasteiger partial charge in [0.15, 0.2) is 5.25 Å². The highest BCUT2D eigenvalue weighted by Gasteiger charge is 2.34. The Kier molecular flexibility index (Phi) is 2.91. The summed E-state index contributed by atoms with van der Waals surface area (Å²) in [5.74, 6) is 0. The highest BCUT2D eigenvalue weighted by molar-refractivity contribution is 7.89. The van der Waals surface area contributed by atoms with Crippen molar-refractivity contribution in [2.75, 3.05) is 13.1 Å². The number of nitrogens with zero attached hydrogens (tertiary/aromatic N) is 2. The van der Waals surface area contributed by atoms with E-state index in [-0.39, 0.29) is 6.54 Å². The molecule has 1 heterocycles. The van der Waals surface area contributed by atoms with E-state index in [1.165, 1.54) is 11.2 Å². The molecule has 1 rings (SSSR count). The van der Waals surface area contributed by atoms with Crippen LogP contribution in [0.1, 0.15) is 13.3 Å². The number of rotatable bonds is 2. The molecule has 1 unspecified atom stereocenters. The van der Waals surface area contributed by atoms with Gasteiger partial charge in [-0.05, 0) is 13.3 Å². The summed E-state index contributed by atoms with van der Waals surface area (Å²) in [5.41, 5.74) is 0. The molecule has 1 aliphatic rings. The van der Waals surface area contributed by atoms with Crippen LogP contribution in [0, 0.1) is 11.3 Å². The van der Waals surface area contributed by atoms with Crippen LogP contribution >= 0.6 is 0 Å². The van der Waals surface area contributed by atoms with Gasteiger partial charge in [0, 0.05) is 13.1 Å². The fraction of sp³-hybridized carbons (Fsp3) is 0.857. The molecule has 1 aliphatic heterocycles. The maximum atomic E-state index is 11.5. The molecule has 0 aromatic rings. The maximum absolute atomic E-state index is 11.5. The second-order valence-electron chi connectivity index (χ2n) is 3.12. The van der Waals surface area contributed by atoms with Gasteiger partial charge in [-0.1, -0.05) is 0 Å². The van der Waals surface area contributed by atoms with Crippen molar-refractivity contribution in [1.29, 1.82) is 5.26 Å². The van der Waals surface area contributed by atoms with Gasteiger partial charge in [0.05, 0.1) is 12.2 Å². The molecule has 6 heteroatoms. The van der Waals surface area contributed by atoms with E-state index in [0.717, 1.165) is 0 Å². The highest BCUT2D eigenvalue weighted by atomic mass is 32.2. The van der Waals surface area contributed by atoms with Gasteiger partial charge in [0.2, 0.25) is 10.0 Å². The molecule has 0 spiro atoms. The standard InChI is InChI=1S/C7H12N2O3S/c1-6(4-8)13(11,12)9-3-2-7(10)5-9/h6-7,10H,2-3,5H2,1H3/t6?,7-/m0/s1. The molecule has 0 radical (unpaired) electrons. The lowest BCUT2D eigenvalue weighted by Crippen LogP contribution is -2.35. The summed E-state index contributed by atoms with van der Waals surface area (Å²) in [6.45, 7) is 1.78. The van der Waals surface area contributed by atoms with Crippen LogP contribution in [-0.2, 0) is 10.0 Å². The third-order valence-electron chi connectivity index (χ3n) is 2.11. The number of hydrogen-bond donors (Lipinski definition) is 1. The van der Waals surface area contributed by atoms with Crippen LogP contribution in [0.5, 0.6) is 0 Å². The van der Waals surface area contributed by atoms with Crippen LogP contribution in [0.2, 0.25) is 0 Å². The first-order valence-corrected chi connectivity index (χ1v) is 5.55.